The zero-order valence-corrected chi connectivity index (χ0v) is 13.7. The Morgan fingerprint density at radius 2 is 2.15 bits per heavy atom. The van der Waals surface area contributed by atoms with Crippen LogP contribution in [0.3, 0.4) is 0 Å². The predicted octanol–water partition coefficient (Wildman–Crippen LogP) is 2.90. The van der Waals surface area contributed by atoms with Crippen LogP contribution in [-0.2, 0) is 4.74 Å². The number of ether oxygens (including phenoxy) is 1. The van der Waals surface area contributed by atoms with Gasteiger partial charge in [-0.25, -0.2) is 0 Å². The molecule has 2 aliphatic heterocycles. The van der Waals surface area contributed by atoms with E-state index in [0.29, 0.717) is 12.0 Å². The molecule has 2 aliphatic rings. The highest BCUT2D eigenvalue weighted by Crippen LogP contribution is 2.25. The number of hydrogen-bond acceptors (Lipinski definition) is 3. The van der Waals surface area contributed by atoms with Crippen LogP contribution in [0.1, 0.15) is 52.9 Å². The zero-order valence-electron chi connectivity index (χ0n) is 13.7. The van der Waals surface area contributed by atoms with Gasteiger partial charge in [-0.2, -0.15) is 0 Å². The van der Waals surface area contributed by atoms with E-state index in [1.54, 1.807) is 0 Å². The van der Waals surface area contributed by atoms with Crippen LogP contribution < -0.4 is 5.32 Å². The SMILES string of the molecule is CCCN(CC1CCCNC1)C1CCOC(C(C)C)C1. The zero-order chi connectivity index (χ0) is 14.4. The molecule has 118 valence electrons. The molecule has 0 saturated carbocycles. The van der Waals surface area contributed by atoms with Crippen LogP contribution in [0.5, 0.6) is 0 Å². The van der Waals surface area contributed by atoms with Crippen LogP contribution in [0, 0.1) is 11.8 Å². The fraction of sp³-hybridized carbons (Fsp3) is 1.00. The van der Waals surface area contributed by atoms with E-state index in [-0.39, 0.29) is 0 Å². The first-order valence-corrected chi connectivity index (χ1v) is 8.77. The molecule has 0 aromatic rings. The Morgan fingerprint density at radius 3 is 2.80 bits per heavy atom. The van der Waals surface area contributed by atoms with Gasteiger partial charge in [-0.1, -0.05) is 20.8 Å². The monoisotopic (exact) mass is 282 g/mol. The van der Waals surface area contributed by atoms with Gasteiger partial charge in [-0.3, -0.25) is 4.90 Å². The molecular weight excluding hydrogens is 248 g/mol. The largest absolute Gasteiger partial charge is 0.378 e. The van der Waals surface area contributed by atoms with E-state index in [1.807, 2.05) is 0 Å². The summed E-state index contributed by atoms with van der Waals surface area (Å²) in [5, 5.41) is 3.56. The lowest BCUT2D eigenvalue weighted by Crippen LogP contribution is -2.47. The van der Waals surface area contributed by atoms with Gasteiger partial charge in [0.1, 0.15) is 0 Å². The summed E-state index contributed by atoms with van der Waals surface area (Å²) in [6.07, 6.45) is 6.96. The minimum absolute atomic E-state index is 0.470. The number of nitrogens with one attached hydrogen (secondary N) is 1. The maximum Gasteiger partial charge on any atom is 0.0612 e. The van der Waals surface area contributed by atoms with Crippen molar-refractivity contribution in [2.75, 3.05) is 32.8 Å². The normalized spacial score (nSPS) is 31.9. The number of hydrogen-bond donors (Lipinski definition) is 1. The molecule has 2 fully saturated rings. The molecule has 0 amide bonds. The van der Waals surface area contributed by atoms with Crippen LogP contribution in [0.15, 0.2) is 0 Å². The van der Waals surface area contributed by atoms with Crippen molar-refractivity contribution in [3.05, 3.63) is 0 Å². The number of nitrogens with zero attached hydrogens (tertiary/aromatic N) is 1. The quantitative estimate of drug-likeness (QED) is 0.811. The Hall–Kier alpha value is -0.120. The minimum atomic E-state index is 0.470. The highest BCUT2D eigenvalue weighted by atomic mass is 16.5. The second-order valence-corrected chi connectivity index (χ2v) is 7.04. The Labute approximate surface area is 125 Å². The Kier molecular flexibility index (Phi) is 6.79. The second-order valence-electron chi connectivity index (χ2n) is 7.04. The predicted molar refractivity (Wildman–Crippen MR) is 85.1 cm³/mol. The molecule has 0 radical (unpaired) electrons. The Bertz CT molecular complexity index is 264. The first kappa shape index (κ1) is 16.3. The van der Waals surface area contributed by atoms with E-state index in [0.717, 1.165) is 18.6 Å². The van der Waals surface area contributed by atoms with Crippen LogP contribution >= 0.6 is 0 Å². The van der Waals surface area contributed by atoms with Gasteiger partial charge in [0.05, 0.1) is 6.10 Å². The van der Waals surface area contributed by atoms with Gasteiger partial charge in [0, 0.05) is 19.2 Å². The molecule has 3 atom stereocenters. The van der Waals surface area contributed by atoms with Gasteiger partial charge in [-0.05, 0) is 63.6 Å². The fourth-order valence-corrected chi connectivity index (χ4v) is 3.73. The molecule has 0 aromatic heterocycles. The van der Waals surface area contributed by atoms with Gasteiger partial charge < -0.3 is 10.1 Å². The van der Waals surface area contributed by atoms with E-state index in [9.17, 15) is 0 Å². The molecule has 3 unspecified atom stereocenters. The van der Waals surface area contributed by atoms with Crippen molar-refractivity contribution in [1.29, 1.82) is 0 Å². The van der Waals surface area contributed by atoms with E-state index < -0.39 is 0 Å². The third kappa shape index (κ3) is 4.71. The molecule has 1 N–H and O–H groups in total. The topological polar surface area (TPSA) is 24.5 Å². The third-order valence-corrected chi connectivity index (χ3v) is 4.95. The second kappa shape index (κ2) is 8.35. The molecule has 3 nitrogen and oxygen atoms in total. The maximum atomic E-state index is 5.95. The molecule has 2 rings (SSSR count). The van der Waals surface area contributed by atoms with Crippen molar-refractivity contribution in [3.63, 3.8) is 0 Å². The van der Waals surface area contributed by atoms with Crippen LogP contribution in [0.25, 0.3) is 0 Å². The smallest absolute Gasteiger partial charge is 0.0612 e. The molecule has 0 bridgehead atoms. The highest BCUT2D eigenvalue weighted by Gasteiger charge is 2.30. The van der Waals surface area contributed by atoms with Crippen molar-refractivity contribution in [3.8, 4) is 0 Å². The number of piperidine rings is 1. The van der Waals surface area contributed by atoms with Crippen molar-refractivity contribution < 1.29 is 4.74 Å². The summed E-state index contributed by atoms with van der Waals surface area (Å²) < 4.78 is 5.95. The van der Waals surface area contributed by atoms with Crippen molar-refractivity contribution in [2.45, 2.75) is 65.0 Å². The summed E-state index contributed by atoms with van der Waals surface area (Å²) in [7, 11) is 0. The summed E-state index contributed by atoms with van der Waals surface area (Å²) in [5.41, 5.74) is 0. The van der Waals surface area contributed by atoms with E-state index >= 15 is 0 Å². The van der Waals surface area contributed by atoms with Crippen LogP contribution in [0.4, 0.5) is 0 Å². The molecule has 0 aliphatic carbocycles. The van der Waals surface area contributed by atoms with Gasteiger partial charge in [-0.15, -0.1) is 0 Å². The van der Waals surface area contributed by atoms with Gasteiger partial charge >= 0.3 is 0 Å². The van der Waals surface area contributed by atoms with Crippen LogP contribution in [0.2, 0.25) is 0 Å². The lowest BCUT2D eigenvalue weighted by Gasteiger charge is -2.40. The minimum Gasteiger partial charge on any atom is -0.378 e. The number of rotatable bonds is 6. The average molecular weight is 282 g/mol. The molecule has 0 spiro atoms. The van der Waals surface area contributed by atoms with E-state index in [1.165, 1.54) is 58.3 Å². The molecule has 3 heteroatoms. The summed E-state index contributed by atoms with van der Waals surface area (Å²) >= 11 is 0. The summed E-state index contributed by atoms with van der Waals surface area (Å²) in [5.74, 6) is 1.51. The van der Waals surface area contributed by atoms with Gasteiger partial charge in [0.15, 0.2) is 0 Å². The van der Waals surface area contributed by atoms with Crippen molar-refractivity contribution >= 4 is 0 Å². The molecule has 2 saturated heterocycles. The lowest BCUT2D eigenvalue weighted by molar-refractivity contribution is -0.0511. The van der Waals surface area contributed by atoms with Crippen molar-refractivity contribution in [1.82, 2.24) is 10.2 Å². The van der Waals surface area contributed by atoms with Gasteiger partial charge in [0.25, 0.3) is 0 Å². The van der Waals surface area contributed by atoms with Crippen LogP contribution in [-0.4, -0.2) is 49.8 Å². The Balaban J connectivity index is 1.88. The molecular formula is C17H34N2O. The van der Waals surface area contributed by atoms with Gasteiger partial charge in [0.2, 0.25) is 0 Å². The first-order valence-electron chi connectivity index (χ1n) is 8.77. The van der Waals surface area contributed by atoms with Crippen molar-refractivity contribution in [2.24, 2.45) is 11.8 Å². The van der Waals surface area contributed by atoms with E-state index in [2.05, 4.69) is 31.0 Å². The fourth-order valence-electron chi connectivity index (χ4n) is 3.73. The summed E-state index contributed by atoms with van der Waals surface area (Å²) in [6, 6.07) is 0.748. The first-order chi connectivity index (χ1) is 9.70. The van der Waals surface area contributed by atoms with E-state index in [4.69, 9.17) is 4.74 Å². The molecule has 0 aromatic carbocycles. The average Bonchev–Trinajstić information content (AvgIpc) is 2.48. The highest BCUT2D eigenvalue weighted by molar-refractivity contribution is 4.83. The third-order valence-electron chi connectivity index (χ3n) is 4.95. The lowest BCUT2D eigenvalue weighted by atomic mass is 9.92. The summed E-state index contributed by atoms with van der Waals surface area (Å²) in [4.78, 5) is 2.77. The maximum absolute atomic E-state index is 5.95. The Morgan fingerprint density at radius 1 is 1.30 bits per heavy atom. The standard InChI is InChI=1S/C17H34N2O/c1-4-9-19(13-15-6-5-8-18-12-15)16-7-10-20-17(11-16)14(2)3/h14-18H,4-13H2,1-3H3. The molecule has 20 heavy (non-hydrogen) atoms. The molecule has 2 heterocycles. The summed E-state index contributed by atoms with van der Waals surface area (Å²) in [6.45, 7) is 12.8.